The van der Waals surface area contributed by atoms with E-state index < -0.39 is 11.4 Å². The topological polar surface area (TPSA) is 30.2 Å². The Hall–Kier alpha value is -1.68. The molecular weight excluding hydrogens is 347 g/mol. The van der Waals surface area contributed by atoms with Crippen molar-refractivity contribution in [2.24, 2.45) is 0 Å². The van der Waals surface area contributed by atoms with E-state index in [0.29, 0.717) is 28.1 Å². The van der Waals surface area contributed by atoms with Crippen LogP contribution in [0.25, 0.3) is 21.7 Å². The molecule has 0 aliphatic rings. The van der Waals surface area contributed by atoms with Crippen molar-refractivity contribution in [2.75, 3.05) is 0 Å². The van der Waals surface area contributed by atoms with Crippen LogP contribution >= 0.6 is 15.9 Å². The predicted octanol–water partition coefficient (Wildman–Crippen LogP) is 5.58. The first-order valence-corrected chi connectivity index (χ1v) is 8.24. The van der Waals surface area contributed by atoms with Crippen LogP contribution in [0.1, 0.15) is 31.7 Å². The van der Waals surface area contributed by atoms with Crippen molar-refractivity contribution in [3.05, 3.63) is 56.6 Å². The Morgan fingerprint density at radius 3 is 2.64 bits per heavy atom. The van der Waals surface area contributed by atoms with Crippen LogP contribution in [0, 0.1) is 5.82 Å². The molecule has 3 rings (SSSR count). The van der Waals surface area contributed by atoms with Crippen LogP contribution in [0.15, 0.2) is 44.0 Å². The van der Waals surface area contributed by atoms with Crippen molar-refractivity contribution in [1.82, 2.24) is 0 Å². The van der Waals surface area contributed by atoms with Gasteiger partial charge in [0.1, 0.15) is 0 Å². The molecule has 0 unspecified atom stereocenters. The lowest BCUT2D eigenvalue weighted by molar-refractivity contribution is 0.522. The largest absolute Gasteiger partial charge is 0.419 e. The minimum Gasteiger partial charge on any atom is -0.419 e. The normalized spacial score (nSPS) is 11.4. The summed E-state index contributed by atoms with van der Waals surface area (Å²) < 4.78 is 20.7. The maximum absolute atomic E-state index is 14.6. The molecule has 0 spiro atoms. The van der Waals surface area contributed by atoms with Crippen LogP contribution in [0.5, 0.6) is 0 Å². The van der Waals surface area contributed by atoms with Gasteiger partial charge >= 0.3 is 5.63 Å². The van der Waals surface area contributed by atoms with Crippen molar-refractivity contribution in [3.63, 3.8) is 0 Å². The fraction of sp³-hybridized carbons (Fsp3) is 0.278. The molecule has 3 aromatic rings. The number of benzene rings is 2. The average molecular weight is 363 g/mol. The molecule has 0 aliphatic carbocycles. The second kappa shape index (κ2) is 6.21. The molecule has 0 N–H and O–H groups in total. The lowest BCUT2D eigenvalue weighted by Crippen LogP contribution is -2.02. The molecule has 0 atom stereocenters. The first-order chi connectivity index (χ1) is 10.6. The first-order valence-electron chi connectivity index (χ1n) is 7.45. The van der Waals surface area contributed by atoms with Crippen LogP contribution in [0.3, 0.4) is 0 Å². The van der Waals surface area contributed by atoms with E-state index in [4.69, 9.17) is 4.42 Å². The molecule has 22 heavy (non-hydrogen) atoms. The van der Waals surface area contributed by atoms with Crippen LogP contribution in [0.4, 0.5) is 4.39 Å². The summed E-state index contributed by atoms with van der Waals surface area (Å²) in [7, 11) is 0. The van der Waals surface area contributed by atoms with Gasteiger partial charge in [-0.1, -0.05) is 53.9 Å². The molecule has 0 fully saturated rings. The average Bonchev–Trinajstić information content (AvgIpc) is 2.51. The molecule has 1 heterocycles. The fourth-order valence-electron chi connectivity index (χ4n) is 2.74. The Balaban J connectivity index is 2.21. The Bertz CT molecular complexity index is 899. The number of halogens is 2. The van der Waals surface area contributed by atoms with Crippen molar-refractivity contribution in [1.29, 1.82) is 0 Å². The SMILES string of the molecule is CCCCCc1ccc2c(oc(=O)c3cc(Br)ccc32)c1F. The van der Waals surface area contributed by atoms with Crippen molar-refractivity contribution in [3.8, 4) is 0 Å². The van der Waals surface area contributed by atoms with Gasteiger partial charge in [0.15, 0.2) is 11.4 Å². The molecule has 0 bridgehead atoms. The van der Waals surface area contributed by atoms with Crippen LogP contribution in [-0.2, 0) is 6.42 Å². The third kappa shape index (κ3) is 2.68. The van der Waals surface area contributed by atoms with Gasteiger partial charge in [-0.15, -0.1) is 0 Å². The zero-order valence-corrected chi connectivity index (χ0v) is 13.9. The highest BCUT2D eigenvalue weighted by atomic mass is 79.9. The predicted molar refractivity (Wildman–Crippen MR) is 90.9 cm³/mol. The van der Waals surface area contributed by atoms with Gasteiger partial charge in [-0.05, 0) is 30.5 Å². The highest BCUT2D eigenvalue weighted by Gasteiger charge is 2.14. The van der Waals surface area contributed by atoms with Crippen LogP contribution < -0.4 is 5.63 Å². The molecule has 4 heteroatoms. The van der Waals surface area contributed by atoms with E-state index in [0.717, 1.165) is 23.7 Å². The lowest BCUT2D eigenvalue weighted by Gasteiger charge is -2.08. The molecule has 114 valence electrons. The fourth-order valence-corrected chi connectivity index (χ4v) is 3.10. The number of fused-ring (bicyclic) bond motifs is 3. The molecule has 0 saturated heterocycles. The highest BCUT2D eigenvalue weighted by molar-refractivity contribution is 9.10. The molecule has 0 amide bonds. The maximum Gasteiger partial charge on any atom is 0.344 e. The molecule has 2 aromatic carbocycles. The van der Waals surface area contributed by atoms with Gasteiger partial charge in [0.05, 0.1) is 5.39 Å². The second-order valence-corrected chi connectivity index (χ2v) is 6.37. The summed E-state index contributed by atoms with van der Waals surface area (Å²) in [5.74, 6) is -0.407. The molecule has 0 saturated carbocycles. The van der Waals surface area contributed by atoms with Crippen LogP contribution in [-0.4, -0.2) is 0 Å². The van der Waals surface area contributed by atoms with E-state index in [1.54, 1.807) is 12.1 Å². The smallest absolute Gasteiger partial charge is 0.344 e. The number of unbranched alkanes of at least 4 members (excludes halogenated alkanes) is 2. The Labute approximate surface area is 136 Å². The Morgan fingerprint density at radius 1 is 1.09 bits per heavy atom. The number of aryl methyl sites for hydroxylation is 1. The summed E-state index contributed by atoms with van der Waals surface area (Å²) in [6, 6.07) is 9.00. The third-order valence-electron chi connectivity index (χ3n) is 3.91. The van der Waals surface area contributed by atoms with Gasteiger partial charge in [-0.3, -0.25) is 0 Å². The molecule has 1 aromatic heterocycles. The first kappa shape index (κ1) is 15.2. The zero-order chi connectivity index (χ0) is 15.7. The highest BCUT2D eigenvalue weighted by Crippen LogP contribution is 2.28. The van der Waals surface area contributed by atoms with Gasteiger partial charge in [-0.25, -0.2) is 9.18 Å². The van der Waals surface area contributed by atoms with E-state index in [1.165, 1.54) is 0 Å². The second-order valence-electron chi connectivity index (χ2n) is 5.45. The quantitative estimate of drug-likeness (QED) is 0.344. The van der Waals surface area contributed by atoms with Crippen molar-refractivity contribution < 1.29 is 8.81 Å². The summed E-state index contributed by atoms with van der Waals surface area (Å²) in [5.41, 5.74) is 0.169. The zero-order valence-electron chi connectivity index (χ0n) is 12.3. The molecule has 0 radical (unpaired) electrons. The van der Waals surface area contributed by atoms with E-state index in [9.17, 15) is 9.18 Å². The summed E-state index contributed by atoms with van der Waals surface area (Å²) >= 11 is 3.34. The summed E-state index contributed by atoms with van der Waals surface area (Å²) in [6.07, 6.45) is 3.75. The van der Waals surface area contributed by atoms with E-state index >= 15 is 0 Å². The number of hydrogen-bond donors (Lipinski definition) is 0. The number of hydrogen-bond acceptors (Lipinski definition) is 2. The minimum absolute atomic E-state index is 0.0637. The van der Waals surface area contributed by atoms with E-state index in [-0.39, 0.29) is 5.58 Å². The summed E-state index contributed by atoms with van der Waals surface area (Å²) in [5, 5.41) is 1.81. The Kier molecular flexibility index (Phi) is 4.30. The molecule has 0 aliphatic heterocycles. The van der Waals surface area contributed by atoms with Gasteiger partial charge in [0.25, 0.3) is 0 Å². The van der Waals surface area contributed by atoms with Gasteiger partial charge in [0.2, 0.25) is 0 Å². The number of rotatable bonds is 4. The van der Waals surface area contributed by atoms with E-state index in [1.807, 2.05) is 18.2 Å². The lowest BCUT2D eigenvalue weighted by atomic mass is 10.0. The van der Waals surface area contributed by atoms with Crippen LogP contribution in [0.2, 0.25) is 0 Å². The van der Waals surface area contributed by atoms with E-state index in [2.05, 4.69) is 22.9 Å². The Morgan fingerprint density at radius 2 is 1.86 bits per heavy atom. The van der Waals surface area contributed by atoms with Gasteiger partial charge in [-0.2, -0.15) is 0 Å². The molecule has 2 nitrogen and oxygen atoms in total. The van der Waals surface area contributed by atoms with Crippen molar-refractivity contribution >= 4 is 37.7 Å². The van der Waals surface area contributed by atoms with Crippen molar-refractivity contribution in [2.45, 2.75) is 32.6 Å². The maximum atomic E-state index is 14.6. The minimum atomic E-state index is -0.506. The third-order valence-corrected chi connectivity index (χ3v) is 4.41. The summed E-state index contributed by atoms with van der Waals surface area (Å²) in [4.78, 5) is 12.1. The monoisotopic (exact) mass is 362 g/mol. The summed E-state index contributed by atoms with van der Waals surface area (Å²) in [6.45, 7) is 2.11. The molecular formula is C18H16BrFO2. The van der Waals surface area contributed by atoms with Gasteiger partial charge < -0.3 is 4.42 Å². The standard InChI is InChI=1S/C18H16BrFO2/c1-2-3-4-5-11-6-8-14-13-9-7-12(19)10-15(13)18(21)22-17(14)16(11)20/h6-10H,2-5H2,1H3. The van der Waals surface area contributed by atoms with Gasteiger partial charge in [0, 0.05) is 15.2 Å².